The van der Waals surface area contributed by atoms with Crippen LogP contribution in [0, 0.1) is 13.8 Å². The first kappa shape index (κ1) is 24.5. The van der Waals surface area contributed by atoms with Crippen molar-refractivity contribution in [3.05, 3.63) is 95.1 Å². The van der Waals surface area contributed by atoms with Crippen molar-refractivity contribution >= 4 is 34.2 Å². The van der Waals surface area contributed by atoms with Gasteiger partial charge in [0, 0.05) is 37.4 Å². The van der Waals surface area contributed by atoms with Gasteiger partial charge in [0.25, 0.3) is 0 Å². The van der Waals surface area contributed by atoms with Crippen molar-refractivity contribution in [2.75, 3.05) is 13.1 Å². The molecule has 0 saturated carbocycles. The fourth-order valence-corrected chi connectivity index (χ4v) is 4.14. The number of rotatable bonds is 2. The number of aryl methyl sites for hydroxylation is 2. The lowest BCUT2D eigenvalue weighted by molar-refractivity contribution is 0.842. The largest absolute Gasteiger partial charge is 0.294 e. The molecule has 4 nitrogen and oxygen atoms in total. The van der Waals surface area contributed by atoms with E-state index in [0.717, 1.165) is 64.9 Å². The Morgan fingerprint density at radius 1 is 0.543 bits per heavy atom. The molecule has 0 amide bonds. The first-order valence-electron chi connectivity index (χ1n) is 12.4. The highest BCUT2D eigenvalue weighted by Gasteiger charge is 2.13. The molecule has 4 heteroatoms. The average molecular weight is 463 g/mol. The van der Waals surface area contributed by atoms with Crippen LogP contribution in [-0.4, -0.2) is 35.9 Å². The average Bonchev–Trinajstić information content (AvgIpc) is 2.87. The minimum atomic E-state index is 0.702. The van der Waals surface area contributed by atoms with Gasteiger partial charge in [0.15, 0.2) is 0 Å². The van der Waals surface area contributed by atoms with Crippen LogP contribution in [-0.2, 0) is 0 Å². The van der Waals surface area contributed by atoms with E-state index in [9.17, 15) is 0 Å². The Balaban J connectivity index is 1.93. The Morgan fingerprint density at radius 2 is 0.943 bits per heavy atom. The smallest absolute Gasteiger partial charge is 0.0892 e. The second-order valence-corrected chi connectivity index (χ2v) is 9.22. The second-order valence-electron chi connectivity index (χ2n) is 9.22. The van der Waals surface area contributed by atoms with E-state index in [4.69, 9.17) is 20.0 Å². The number of aliphatic imine (C=N–C) groups is 4. The summed E-state index contributed by atoms with van der Waals surface area (Å²) in [5, 5.41) is 0. The Labute approximate surface area is 209 Å². The van der Waals surface area contributed by atoms with Gasteiger partial charge in [-0.05, 0) is 68.5 Å². The summed E-state index contributed by atoms with van der Waals surface area (Å²) in [6.07, 6.45) is 2.34. The van der Waals surface area contributed by atoms with E-state index in [0.29, 0.717) is 12.8 Å². The molecule has 35 heavy (non-hydrogen) atoms. The lowest BCUT2D eigenvalue weighted by Gasteiger charge is -2.13. The van der Waals surface area contributed by atoms with Crippen molar-refractivity contribution in [1.82, 2.24) is 0 Å². The van der Waals surface area contributed by atoms with Crippen molar-refractivity contribution in [2.24, 2.45) is 20.0 Å². The quantitative estimate of drug-likeness (QED) is 0.375. The molecule has 0 N–H and O–H groups in total. The minimum Gasteiger partial charge on any atom is -0.294 e. The lowest BCUT2D eigenvalue weighted by Crippen LogP contribution is -2.07. The summed E-state index contributed by atoms with van der Waals surface area (Å²) in [5.41, 5.74) is 10.6. The number of benzene rings is 3. The van der Waals surface area contributed by atoms with Crippen LogP contribution in [0.1, 0.15) is 55.4 Å². The van der Waals surface area contributed by atoms with Gasteiger partial charge >= 0.3 is 0 Å². The van der Waals surface area contributed by atoms with E-state index in [1.54, 1.807) is 0 Å². The Morgan fingerprint density at radius 3 is 1.34 bits per heavy atom. The molecule has 3 aromatic rings. The number of nitrogens with zero attached hydrogens (tertiary/aromatic N) is 4. The summed E-state index contributed by atoms with van der Waals surface area (Å²) in [7, 11) is 0. The van der Waals surface area contributed by atoms with Crippen LogP contribution in [0.15, 0.2) is 92.8 Å². The van der Waals surface area contributed by atoms with E-state index in [-0.39, 0.29) is 0 Å². The highest BCUT2D eigenvalue weighted by molar-refractivity contribution is 6.14. The molecule has 0 fully saturated rings. The van der Waals surface area contributed by atoms with E-state index >= 15 is 0 Å². The fraction of sp³-hybridized carbons (Fsp3) is 0.290. The topological polar surface area (TPSA) is 49.4 Å². The van der Waals surface area contributed by atoms with Crippen LogP contribution in [0.2, 0.25) is 0 Å². The molecule has 0 spiro atoms. The summed E-state index contributed by atoms with van der Waals surface area (Å²) in [6.45, 7) is 10.0. The molecule has 0 atom stereocenters. The van der Waals surface area contributed by atoms with Crippen LogP contribution in [0.5, 0.6) is 0 Å². The Bertz CT molecular complexity index is 1180. The van der Waals surface area contributed by atoms with Crippen molar-refractivity contribution < 1.29 is 0 Å². The van der Waals surface area contributed by atoms with E-state index in [1.165, 1.54) is 11.1 Å². The van der Waals surface area contributed by atoms with E-state index in [2.05, 4.69) is 88.4 Å². The monoisotopic (exact) mass is 462 g/mol. The van der Waals surface area contributed by atoms with E-state index < -0.39 is 0 Å². The van der Waals surface area contributed by atoms with Crippen LogP contribution in [0.4, 0.5) is 11.4 Å². The number of hydrogen-bond donors (Lipinski definition) is 0. The standard InChI is InChI=1S/C31H34N4/c1-22-18-30-31(19-23(22)2)35-29(27-14-9-6-10-15-27)21-25(4)33-17-11-16-32-24(3)20-28(34-30)26-12-7-5-8-13-26/h5-10,12-15,18-19H,11,16-17,20-21H2,1-4H3. The van der Waals surface area contributed by atoms with Gasteiger partial charge in [-0.15, -0.1) is 0 Å². The highest BCUT2D eigenvalue weighted by Crippen LogP contribution is 2.33. The molecule has 0 unspecified atom stereocenters. The van der Waals surface area contributed by atoms with Gasteiger partial charge in [0.2, 0.25) is 0 Å². The van der Waals surface area contributed by atoms with Gasteiger partial charge in [0.05, 0.1) is 22.8 Å². The zero-order valence-corrected chi connectivity index (χ0v) is 21.3. The lowest BCUT2D eigenvalue weighted by atomic mass is 10.0. The van der Waals surface area contributed by atoms with Crippen LogP contribution in [0.25, 0.3) is 0 Å². The van der Waals surface area contributed by atoms with Crippen LogP contribution in [0.3, 0.4) is 0 Å². The summed E-state index contributed by atoms with van der Waals surface area (Å²) >= 11 is 0. The SMILES string of the molecule is CC1=NCCCN=C(C)CC(c2ccccc2)=Nc2cc(C)c(C)cc2N=C(c2ccccc2)C1. The molecule has 0 saturated heterocycles. The third kappa shape index (κ3) is 6.69. The molecular weight excluding hydrogens is 428 g/mol. The van der Waals surface area contributed by atoms with Gasteiger partial charge in [-0.1, -0.05) is 60.7 Å². The van der Waals surface area contributed by atoms with Crippen molar-refractivity contribution in [2.45, 2.75) is 47.0 Å². The summed E-state index contributed by atoms with van der Waals surface area (Å²) in [4.78, 5) is 20.1. The third-order valence-corrected chi connectivity index (χ3v) is 6.24. The maximum absolute atomic E-state index is 5.22. The van der Waals surface area contributed by atoms with Gasteiger partial charge in [-0.3, -0.25) is 20.0 Å². The maximum Gasteiger partial charge on any atom is 0.0892 e. The van der Waals surface area contributed by atoms with Gasteiger partial charge in [-0.25, -0.2) is 0 Å². The summed E-state index contributed by atoms with van der Waals surface area (Å²) < 4.78 is 0. The predicted octanol–water partition coefficient (Wildman–Crippen LogP) is 7.65. The van der Waals surface area contributed by atoms with Gasteiger partial charge < -0.3 is 0 Å². The Hall–Kier alpha value is -3.66. The summed E-state index contributed by atoms with van der Waals surface area (Å²) in [6, 6.07) is 25.1. The second kappa shape index (κ2) is 11.7. The van der Waals surface area contributed by atoms with Crippen LogP contribution < -0.4 is 0 Å². The van der Waals surface area contributed by atoms with Crippen molar-refractivity contribution in [3.63, 3.8) is 0 Å². The first-order valence-corrected chi connectivity index (χ1v) is 12.4. The highest BCUT2D eigenvalue weighted by atomic mass is 14.9. The molecule has 0 aromatic heterocycles. The van der Waals surface area contributed by atoms with Gasteiger partial charge in [0.1, 0.15) is 0 Å². The molecule has 1 heterocycles. The number of hydrogen-bond acceptors (Lipinski definition) is 4. The van der Waals surface area contributed by atoms with Gasteiger partial charge in [-0.2, -0.15) is 0 Å². The predicted molar refractivity (Wildman–Crippen MR) is 151 cm³/mol. The summed E-state index contributed by atoms with van der Waals surface area (Å²) in [5.74, 6) is 0. The zero-order valence-electron chi connectivity index (χ0n) is 21.3. The number of fused-ring (bicyclic) bond motifs is 1. The zero-order chi connectivity index (χ0) is 24.6. The molecule has 1 aliphatic rings. The Kier molecular flexibility index (Phi) is 8.15. The van der Waals surface area contributed by atoms with Crippen molar-refractivity contribution in [1.29, 1.82) is 0 Å². The fourth-order valence-electron chi connectivity index (χ4n) is 4.14. The normalized spacial score (nSPS) is 15.5. The first-order chi connectivity index (χ1) is 17.0. The molecule has 178 valence electrons. The molecule has 0 bridgehead atoms. The molecule has 4 rings (SSSR count). The van der Waals surface area contributed by atoms with Crippen molar-refractivity contribution in [3.8, 4) is 0 Å². The molecule has 0 radical (unpaired) electrons. The molecule has 1 aliphatic heterocycles. The maximum atomic E-state index is 5.22. The molecule has 0 aliphatic carbocycles. The molecular formula is C31H34N4. The minimum absolute atomic E-state index is 0.702. The van der Waals surface area contributed by atoms with E-state index in [1.807, 2.05) is 12.1 Å². The molecule has 3 aromatic carbocycles. The third-order valence-electron chi connectivity index (χ3n) is 6.24. The van der Waals surface area contributed by atoms with Crippen LogP contribution >= 0.6 is 0 Å².